The molecule has 6 nitrogen and oxygen atoms in total. The van der Waals surface area contributed by atoms with Crippen LogP contribution in [0.15, 0.2) is 71.1 Å². The smallest absolute Gasteiger partial charge is 0.257 e. The van der Waals surface area contributed by atoms with Gasteiger partial charge >= 0.3 is 0 Å². The van der Waals surface area contributed by atoms with Gasteiger partial charge < -0.3 is 10.1 Å². The number of benzene rings is 2. The number of hydrogen-bond acceptors (Lipinski definition) is 4. The molecule has 166 valence electrons. The van der Waals surface area contributed by atoms with Crippen molar-refractivity contribution in [3.63, 3.8) is 0 Å². The number of carbonyl (C=O) groups is 1. The van der Waals surface area contributed by atoms with Gasteiger partial charge in [0.15, 0.2) is 6.61 Å². The Kier molecular flexibility index (Phi) is 8.26. The number of amides is 1. The molecule has 1 N–H and O–H groups in total. The monoisotopic (exact) mass is 442 g/mol. The predicted octanol–water partition coefficient (Wildman–Crippen LogP) is 3.89. The fraction of sp³-hybridized carbons (Fsp3) is 0.375. The lowest BCUT2D eigenvalue weighted by Crippen LogP contribution is -2.30. The van der Waals surface area contributed by atoms with E-state index in [1.165, 1.54) is 34.9 Å². The first-order chi connectivity index (χ1) is 14.9. The van der Waals surface area contributed by atoms with E-state index in [1.54, 1.807) is 19.2 Å². The number of allylic oxidation sites excluding steroid dienone is 1. The molecule has 1 aliphatic carbocycles. The summed E-state index contributed by atoms with van der Waals surface area (Å²) in [4.78, 5) is 12.2. The number of nitrogens with one attached hydrogen (secondary N) is 1. The molecular weight excluding hydrogens is 412 g/mol. The van der Waals surface area contributed by atoms with Gasteiger partial charge in [0.1, 0.15) is 5.75 Å². The molecule has 0 bridgehead atoms. The van der Waals surface area contributed by atoms with Crippen LogP contribution in [0.25, 0.3) is 0 Å². The molecule has 0 aromatic heterocycles. The zero-order valence-corrected chi connectivity index (χ0v) is 18.7. The lowest BCUT2D eigenvalue weighted by Gasteiger charge is -2.17. The quantitative estimate of drug-likeness (QED) is 0.567. The van der Waals surface area contributed by atoms with Crippen LogP contribution >= 0.6 is 0 Å². The highest BCUT2D eigenvalue weighted by Gasteiger charge is 2.21. The minimum absolute atomic E-state index is 0.0982. The summed E-state index contributed by atoms with van der Waals surface area (Å²) in [6, 6.07) is 15.6. The minimum Gasteiger partial charge on any atom is -0.484 e. The zero-order chi connectivity index (χ0) is 22.1. The van der Waals surface area contributed by atoms with E-state index in [0.717, 1.165) is 24.8 Å². The Hall–Kier alpha value is -2.64. The predicted molar refractivity (Wildman–Crippen MR) is 121 cm³/mol. The van der Waals surface area contributed by atoms with Gasteiger partial charge in [-0.25, -0.2) is 8.42 Å². The molecule has 1 amide bonds. The second-order valence-corrected chi connectivity index (χ2v) is 9.76. The van der Waals surface area contributed by atoms with Gasteiger partial charge in [-0.1, -0.05) is 42.0 Å². The van der Waals surface area contributed by atoms with Gasteiger partial charge in [-0.05, 0) is 61.9 Å². The molecule has 0 spiro atoms. The van der Waals surface area contributed by atoms with E-state index in [2.05, 4.69) is 11.4 Å². The number of rotatable bonds is 10. The van der Waals surface area contributed by atoms with Gasteiger partial charge in [0.2, 0.25) is 10.0 Å². The van der Waals surface area contributed by atoms with Crippen molar-refractivity contribution in [2.75, 3.05) is 20.2 Å². The van der Waals surface area contributed by atoms with Crippen LogP contribution in [0, 0.1) is 0 Å². The van der Waals surface area contributed by atoms with Crippen LogP contribution in [0.3, 0.4) is 0 Å². The lowest BCUT2D eigenvalue weighted by molar-refractivity contribution is -0.123. The Morgan fingerprint density at radius 2 is 1.81 bits per heavy atom. The third-order valence-electron chi connectivity index (χ3n) is 5.30. The number of hydrogen-bond donors (Lipinski definition) is 1. The van der Waals surface area contributed by atoms with Crippen molar-refractivity contribution in [3.8, 4) is 5.75 Å². The van der Waals surface area contributed by atoms with Crippen LogP contribution in [0.1, 0.15) is 37.7 Å². The van der Waals surface area contributed by atoms with Crippen LogP contribution in [0.2, 0.25) is 0 Å². The molecule has 0 atom stereocenters. The largest absolute Gasteiger partial charge is 0.484 e. The van der Waals surface area contributed by atoms with Crippen LogP contribution < -0.4 is 10.1 Å². The second-order valence-electron chi connectivity index (χ2n) is 7.71. The Balaban J connectivity index is 1.46. The fourth-order valence-corrected chi connectivity index (χ4v) is 4.67. The molecule has 0 fully saturated rings. The summed E-state index contributed by atoms with van der Waals surface area (Å²) in [5, 5.41) is 2.87. The first kappa shape index (κ1) is 23.0. The summed E-state index contributed by atoms with van der Waals surface area (Å²) in [7, 11) is -2.06. The Morgan fingerprint density at radius 1 is 1.06 bits per heavy atom. The van der Waals surface area contributed by atoms with Gasteiger partial charge in [0.25, 0.3) is 5.91 Å². The molecule has 31 heavy (non-hydrogen) atoms. The number of nitrogens with zero attached hydrogens (tertiary/aromatic N) is 1. The molecule has 0 unspecified atom stereocenters. The van der Waals surface area contributed by atoms with Crippen molar-refractivity contribution in [1.82, 2.24) is 9.62 Å². The summed E-state index contributed by atoms with van der Waals surface area (Å²) in [6.45, 7) is 0.802. The highest BCUT2D eigenvalue weighted by molar-refractivity contribution is 7.89. The third-order valence-corrected chi connectivity index (χ3v) is 7.12. The van der Waals surface area contributed by atoms with Crippen LogP contribution in [-0.2, 0) is 21.4 Å². The van der Waals surface area contributed by atoms with E-state index in [9.17, 15) is 13.2 Å². The van der Waals surface area contributed by atoms with Gasteiger partial charge in [0.05, 0.1) is 4.90 Å². The number of sulfonamides is 1. The van der Waals surface area contributed by atoms with Gasteiger partial charge in [0, 0.05) is 20.1 Å². The molecule has 2 aromatic rings. The van der Waals surface area contributed by atoms with Crippen molar-refractivity contribution < 1.29 is 17.9 Å². The highest BCUT2D eigenvalue weighted by Crippen LogP contribution is 2.21. The van der Waals surface area contributed by atoms with E-state index in [4.69, 9.17) is 4.74 Å². The number of carbonyl (C=O) groups excluding carboxylic acids is 1. The van der Waals surface area contributed by atoms with Crippen molar-refractivity contribution in [3.05, 3.63) is 71.8 Å². The molecular formula is C24H30N2O4S. The highest BCUT2D eigenvalue weighted by atomic mass is 32.2. The zero-order valence-electron chi connectivity index (χ0n) is 17.9. The molecule has 0 radical (unpaired) electrons. The second kappa shape index (κ2) is 11.1. The topological polar surface area (TPSA) is 75.7 Å². The minimum atomic E-state index is -3.61. The third kappa shape index (κ3) is 6.94. The summed E-state index contributed by atoms with van der Waals surface area (Å²) >= 11 is 0. The maximum atomic E-state index is 12.8. The Morgan fingerprint density at radius 3 is 2.48 bits per heavy atom. The molecule has 2 aromatic carbocycles. The van der Waals surface area contributed by atoms with Crippen LogP contribution in [0.5, 0.6) is 5.75 Å². The van der Waals surface area contributed by atoms with Crippen molar-refractivity contribution in [1.29, 1.82) is 0 Å². The van der Waals surface area contributed by atoms with Gasteiger partial charge in [-0.2, -0.15) is 4.31 Å². The van der Waals surface area contributed by atoms with Crippen molar-refractivity contribution in [2.45, 2.75) is 43.5 Å². The first-order valence-corrected chi connectivity index (χ1v) is 12.1. The number of ether oxygens (including phenoxy) is 1. The van der Waals surface area contributed by atoms with E-state index in [0.29, 0.717) is 18.8 Å². The molecule has 1 aliphatic rings. The first-order valence-electron chi connectivity index (χ1n) is 10.6. The average molecular weight is 443 g/mol. The fourth-order valence-electron chi connectivity index (χ4n) is 3.51. The average Bonchev–Trinajstić information content (AvgIpc) is 2.79. The standard InChI is InChI=1S/C24H30N2O4S/c1-26(18-21-10-6-3-7-11-21)31(28,29)23-14-12-22(13-15-23)30-19-24(27)25-17-16-20-8-4-2-5-9-20/h3,6-8,10-15H,2,4-5,9,16-19H2,1H3,(H,25,27). The molecule has 0 heterocycles. The van der Waals surface area contributed by atoms with E-state index in [-0.39, 0.29) is 17.4 Å². The molecule has 0 saturated carbocycles. The summed E-state index contributed by atoms with van der Waals surface area (Å²) < 4.78 is 32.4. The summed E-state index contributed by atoms with van der Waals surface area (Å²) in [6.07, 6.45) is 7.92. The lowest BCUT2D eigenvalue weighted by atomic mass is 9.97. The Bertz CT molecular complexity index is 986. The maximum absolute atomic E-state index is 12.8. The maximum Gasteiger partial charge on any atom is 0.257 e. The van der Waals surface area contributed by atoms with Gasteiger partial charge in [-0.15, -0.1) is 0 Å². The molecule has 0 aliphatic heterocycles. The Labute approximate surface area is 185 Å². The SMILES string of the molecule is CN(Cc1ccccc1)S(=O)(=O)c1ccc(OCC(=O)NCCC2=CCCCC2)cc1. The van der Waals surface area contributed by atoms with Crippen LogP contribution in [0.4, 0.5) is 0 Å². The van der Waals surface area contributed by atoms with Gasteiger partial charge in [-0.3, -0.25) is 4.79 Å². The van der Waals surface area contributed by atoms with Crippen molar-refractivity contribution in [2.24, 2.45) is 0 Å². The van der Waals surface area contributed by atoms with E-state index >= 15 is 0 Å². The molecule has 3 rings (SSSR count). The van der Waals surface area contributed by atoms with E-state index < -0.39 is 10.0 Å². The van der Waals surface area contributed by atoms with Crippen molar-refractivity contribution >= 4 is 15.9 Å². The molecule has 7 heteroatoms. The molecule has 0 saturated heterocycles. The summed E-state index contributed by atoms with van der Waals surface area (Å²) in [5.74, 6) is 0.269. The summed E-state index contributed by atoms with van der Waals surface area (Å²) in [5.41, 5.74) is 2.33. The van der Waals surface area contributed by atoms with E-state index in [1.807, 2.05) is 30.3 Å². The normalized spacial score (nSPS) is 14.2. The van der Waals surface area contributed by atoms with Crippen LogP contribution in [-0.4, -0.2) is 38.8 Å².